The zero-order valence-corrected chi connectivity index (χ0v) is 12.4. The van der Waals surface area contributed by atoms with E-state index in [0.29, 0.717) is 25.9 Å². The highest BCUT2D eigenvalue weighted by atomic mass is 35.5. The minimum absolute atomic E-state index is 0. The molecule has 0 unspecified atom stereocenters. The topological polar surface area (TPSA) is 63.4 Å². The van der Waals surface area contributed by atoms with Gasteiger partial charge in [0.15, 0.2) is 0 Å². The van der Waals surface area contributed by atoms with E-state index in [2.05, 4.69) is 0 Å². The Morgan fingerprint density at radius 2 is 1.74 bits per heavy atom. The van der Waals surface area contributed by atoms with Gasteiger partial charge in [-0.15, -0.1) is 12.4 Å². The first kappa shape index (κ1) is 18.9. The maximum absolute atomic E-state index is 11.9. The first-order valence-corrected chi connectivity index (χ1v) is 7.46. The van der Waals surface area contributed by atoms with Crippen LogP contribution in [0.3, 0.4) is 0 Å². The summed E-state index contributed by atoms with van der Waals surface area (Å²) in [6.45, 7) is 2.43. The van der Waals surface area contributed by atoms with Gasteiger partial charge in [0.05, 0.1) is 5.75 Å². The summed E-state index contributed by atoms with van der Waals surface area (Å²) in [6, 6.07) is 0. The Kier molecular flexibility index (Phi) is 6.58. The Bertz CT molecular complexity index is 375. The largest absolute Gasteiger partial charge is 0.389 e. The van der Waals surface area contributed by atoms with Gasteiger partial charge in [-0.1, -0.05) is 0 Å². The minimum Gasteiger partial charge on any atom is -0.325 e. The van der Waals surface area contributed by atoms with Gasteiger partial charge < -0.3 is 5.73 Å². The third-order valence-corrected chi connectivity index (χ3v) is 5.08. The monoisotopic (exact) mass is 324 g/mol. The van der Waals surface area contributed by atoms with Crippen molar-refractivity contribution < 1.29 is 21.6 Å². The lowest BCUT2D eigenvalue weighted by molar-refractivity contribution is -0.134. The maximum atomic E-state index is 11.9. The van der Waals surface area contributed by atoms with Gasteiger partial charge in [0, 0.05) is 25.0 Å². The molecule has 0 amide bonds. The second-order valence-corrected chi connectivity index (χ2v) is 7.18. The Hall–Kier alpha value is -0.0500. The van der Waals surface area contributed by atoms with Crippen LogP contribution in [0.5, 0.6) is 0 Å². The summed E-state index contributed by atoms with van der Waals surface area (Å²) < 4.78 is 60.7. The molecule has 0 radical (unpaired) electrons. The van der Waals surface area contributed by atoms with Crippen molar-refractivity contribution in [3.63, 3.8) is 0 Å². The summed E-state index contributed by atoms with van der Waals surface area (Å²) in [4.78, 5) is 0. The van der Waals surface area contributed by atoms with Gasteiger partial charge in [-0.25, -0.2) is 12.7 Å². The SMILES string of the molecule is CC1(N)CCN(S(=O)(=O)CCCC(F)(F)F)CC1.Cl. The van der Waals surface area contributed by atoms with E-state index in [4.69, 9.17) is 5.73 Å². The number of nitrogens with zero attached hydrogens (tertiary/aromatic N) is 1. The van der Waals surface area contributed by atoms with E-state index in [1.807, 2.05) is 6.92 Å². The van der Waals surface area contributed by atoms with E-state index >= 15 is 0 Å². The predicted octanol–water partition coefficient (Wildman–Crippen LogP) is 1.89. The molecule has 0 aromatic rings. The molecule has 0 bridgehead atoms. The number of hydrogen-bond acceptors (Lipinski definition) is 3. The lowest BCUT2D eigenvalue weighted by atomic mass is 9.92. The van der Waals surface area contributed by atoms with Crippen molar-refractivity contribution in [2.45, 2.75) is 44.3 Å². The van der Waals surface area contributed by atoms with Gasteiger partial charge in [0.2, 0.25) is 10.0 Å². The predicted molar refractivity (Wildman–Crippen MR) is 69.7 cm³/mol. The van der Waals surface area contributed by atoms with Gasteiger partial charge in [-0.05, 0) is 26.2 Å². The molecule has 0 aromatic heterocycles. The Morgan fingerprint density at radius 3 is 2.16 bits per heavy atom. The average molecular weight is 325 g/mol. The summed E-state index contributed by atoms with van der Waals surface area (Å²) in [7, 11) is -3.58. The van der Waals surface area contributed by atoms with Gasteiger partial charge >= 0.3 is 6.18 Å². The molecular weight excluding hydrogens is 305 g/mol. The Balaban J connectivity index is 0.00000324. The minimum atomic E-state index is -4.30. The highest BCUT2D eigenvalue weighted by Gasteiger charge is 2.33. The van der Waals surface area contributed by atoms with Crippen LogP contribution < -0.4 is 5.73 Å². The highest BCUT2D eigenvalue weighted by molar-refractivity contribution is 7.89. The first-order valence-electron chi connectivity index (χ1n) is 5.85. The number of piperidine rings is 1. The van der Waals surface area contributed by atoms with E-state index in [-0.39, 0.29) is 24.4 Å². The molecule has 19 heavy (non-hydrogen) atoms. The van der Waals surface area contributed by atoms with E-state index in [9.17, 15) is 21.6 Å². The van der Waals surface area contributed by atoms with Crippen molar-refractivity contribution in [3.05, 3.63) is 0 Å². The molecule has 1 heterocycles. The second-order valence-electron chi connectivity index (χ2n) is 5.09. The molecule has 0 aromatic carbocycles. The fourth-order valence-electron chi connectivity index (χ4n) is 1.86. The van der Waals surface area contributed by atoms with Crippen molar-refractivity contribution in [2.24, 2.45) is 5.73 Å². The lowest BCUT2D eigenvalue weighted by Gasteiger charge is -2.35. The first-order chi connectivity index (χ1) is 8.02. The zero-order valence-electron chi connectivity index (χ0n) is 10.7. The lowest BCUT2D eigenvalue weighted by Crippen LogP contribution is -2.50. The van der Waals surface area contributed by atoms with Crippen LogP contribution in [0.25, 0.3) is 0 Å². The molecule has 0 atom stereocenters. The Labute approximate surface area is 118 Å². The van der Waals surface area contributed by atoms with Crippen LogP contribution in [0.15, 0.2) is 0 Å². The fourth-order valence-corrected chi connectivity index (χ4v) is 3.37. The quantitative estimate of drug-likeness (QED) is 0.859. The third-order valence-electron chi connectivity index (χ3n) is 3.12. The number of rotatable bonds is 4. The summed E-state index contributed by atoms with van der Waals surface area (Å²) in [5.41, 5.74) is 5.49. The molecule has 2 N–H and O–H groups in total. The van der Waals surface area contributed by atoms with Crippen molar-refractivity contribution in [1.82, 2.24) is 4.31 Å². The average Bonchev–Trinajstić information content (AvgIpc) is 2.14. The van der Waals surface area contributed by atoms with Crippen LogP contribution in [-0.2, 0) is 10.0 Å². The normalized spacial score (nSPS) is 20.9. The molecule has 4 nitrogen and oxygen atoms in total. The van der Waals surface area contributed by atoms with Crippen LogP contribution in [0.2, 0.25) is 0 Å². The summed E-state index contributed by atoms with van der Waals surface area (Å²) in [5.74, 6) is -0.451. The standard InChI is InChI=1S/C10H19F3N2O2S.ClH/c1-9(14)4-6-15(7-5-9)18(16,17)8-2-3-10(11,12)13;/h2-8,14H2,1H3;1H. The van der Waals surface area contributed by atoms with E-state index in [1.54, 1.807) is 0 Å². The molecule has 0 saturated carbocycles. The second kappa shape index (κ2) is 6.60. The number of halogens is 4. The van der Waals surface area contributed by atoms with E-state index in [0.717, 1.165) is 0 Å². The number of hydrogen-bond donors (Lipinski definition) is 1. The van der Waals surface area contributed by atoms with Gasteiger partial charge in [0.1, 0.15) is 0 Å². The highest BCUT2D eigenvalue weighted by Crippen LogP contribution is 2.24. The molecule has 0 spiro atoms. The molecule has 9 heteroatoms. The third kappa shape index (κ3) is 6.78. The van der Waals surface area contributed by atoms with Gasteiger partial charge in [-0.3, -0.25) is 0 Å². The molecule has 1 fully saturated rings. The molecule has 1 saturated heterocycles. The molecule has 116 valence electrons. The number of sulfonamides is 1. The van der Waals surface area contributed by atoms with Crippen LogP contribution in [0.1, 0.15) is 32.6 Å². The number of nitrogens with two attached hydrogens (primary N) is 1. The van der Waals surface area contributed by atoms with Crippen LogP contribution >= 0.6 is 12.4 Å². The van der Waals surface area contributed by atoms with E-state index in [1.165, 1.54) is 4.31 Å². The fraction of sp³-hybridized carbons (Fsp3) is 1.00. The van der Waals surface area contributed by atoms with Crippen molar-refractivity contribution in [1.29, 1.82) is 0 Å². The zero-order chi connectivity index (χ0) is 14.0. The summed E-state index contributed by atoms with van der Waals surface area (Å²) >= 11 is 0. The van der Waals surface area contributed by atoms with Crippen molar-refractivity contribution in [2.75, 3.05) is 18.8 Å². The molecule has 1 aliphatic rings. The number of alkyl halides is 3. The molecule has 1 rings (SSSR count). The summed E-state index contributed by atoms with van der Waals surface area (Å²) in [5, 5.41) is 0. The van der Waals surface area contributed by atoms with Crippen LogP contribution in [-0.4, -0.2) is 43.3 Å². The van der Waals surface area contributed by atoms with E-state index < -0.39 is 28.4 Å². The molecule has 0 aliphatic carbocycles. The van der Waals surface area contributed by atoms with Gasteiger partial charge in [0.25, 0.3) is 0 Å². The van der Waals surface area contributed by atoms with Crippen LogP contribution in [0, 0.1) is 0 Å². The summed E-state index contributed by atoms with van der Waals surface area (Å²) in [6.07, 6.45) is -4.68. The van der Waals surface area contributed by atoms with Crippen molar-refractivity contribution >= 4 is 22.4 Å². The smallest absolute Gasteiger partial charge is 0.325 e. The van der Waals surface area contributed by atoms with Crippen molar-refractivity contribution in [3.8, 4) is 0 Å². The molecular formula is C10H20ClF3N2O2S. The Morgan fingerprint density at radius 1 is 1.26 bits per heavy atom. The maximum Gasteiger partial charge on any atom is 0.389 e. The van der Waals surface area contributed by atoms with Crippen LogP contribution in [0.4, 0.5) is 13.2 Å². The van der Waals surface area contributed by atoms with Gasteiger partial charge in [-0.2, -0.15) is 13.2 Å². The molecule has 1 aliphatic heterocycles.